The van der Waals surface area contributed by atoms with Crippen LogP contribution >= 0.6 is 15.9 Å². The second-order valence-electron chi connectivity index (χ2n) is 1.99. The van der Waals surface area contributed by atoms with Gasteiger partial charge in [-0.3, -0.25) is 4.79 Å². The van der Waals surface area contributed by atoms with Gasteiger partial charge in [-0.15, -0.1) is 0 Å². The van der Waals surface area contributed by atoms with Gasteiger partial charge in [-0.05, 0) is 15.9 Å². The highest BCUT2D eigenvalue weighted by Gasteiger charge is 2.18. The summed E-state index contributed by atoms with van der Waals surface area (Å²) < 4.78 is 5.30. The summed E-state index contributed by atoms with van der Waals surface area (Å²) in [5, 5.41) is 8.49. The average Bonchev–Trinajstić information content (AvgIpc) is 2.33. The summed E-state index contributed by atoms with van der Waals surface area (Å²) in [6, 6.07) is -1.02. The van der Waals surface area contributed by atoms with Gasteiger partial charge in [0.25, 0.3) is 0 Å². The Bertz CT molecular complexity index is 271. The van der Waals surface area contributed by atoms with Crippen LogP contribution in [0.4, 0.5) is 0 Å². The Hall–Kier alpha value is -0.810. The largest absolute Gasteiger partial charge is 0.480 e. The van der Waals surface area contributed by atoms with Gasteiger partial charge in [0.1, 0.15) is 12.3 Å². The third kappa shape index (κ3) is 1.61. The minimum atomic E-state index is -1.08. The molecule has 1 rings (SSSR count). The van der Waals surface area contributed by atoms with Gasteiger partial charge in [0.15, 0.2) is 0 Å². The maximum Gasteiger partial charge on any atom is 0.325 e. The maximum absolute atomic E-state index is 10.4. The Morgan fingerprint density at radius 2 is 2.36 bits per heavy atom. The quantitative estimate of drug-likeness (QED) is 0.782. The minimum Gasteiger partial charge on any atom is -0.480 e. The van der Waals surface area contributed by atoms with Gasteiger partial charge in [-0.2, -0.15) is 0 Å². The number of hydrogen-bond acceptors (Lipinski definition) is 3. The van der Waals surface area contributed by atoms with Crippen molar-refractivity contribution in [1.29, 1.82) is 0 Å². The van der Waals surface area contributed by atoms with Crippen LogP contribution in [0, 0.1) is 0 Å². The highest BCUT2D eigenvalue weighted by Crippen LogP contribution is 2.22. The van der Waals surface area contributed by atoms with Crippen molar-refractivity contribution in [3.63, 3.8) is 0 Å². The van der Waals surface area contributed by atoms with Crippen molar-refractivity contribution in [2.45, 2.75) is 6.04 Å². The Morgan fingerprint density at radius 1 is 1.73 bits per heavy atom. The number of carbonyl (C=O) groups is 1. The lowest BCUT2D eigenvalue weighted by Crippen LogP contribution is -2.20. The Morgan fingerprint density at radius 3 is 2.73 bits per heavy atom. The van der Waals surface area contributed by atoms with Gasteiger partial charge in [0, 0.05) is 5.56 Å². The van der Waals surface area contributed by atoms with Crippen molar-refractivity contribution in [1.82, 2.24) is 0 Å². The normalized spacial score (nSPS) is 12.9. The number of rotatable bonds is 2. The zero-order chi connectivity index (χ0) is 8.43. The highest BCUT2D eigenvalue weighted by molar-refractivity contribution is 9.10. The summed E-state index contributed by atoms with van der Waals surface area (Å²) in [5.41, 5.74) is 5.74. The molecule has 0 saturated carbocycles. The van der Waals surface area contributed by atoms with E-state index in [-0.39, 0.29) is 0 Å². The number of nitrogens with two attached hydrogens (primary N) is 1. The zero-order valence-corrected chi connectivity index (χ0v) is 7.04. The molecule has 0 amide bonds. The van der Waals surface area contributed by atoms with E-state index in [2.05, 4.69) is 15.9 Å². The molecule has 0 aliphatic rings. The number of furan rings is 1. The molecule has 60 valence electrons. The number of carboxylic acid groups (broad SMARTS) is 1. The molecule has 0 bridgehead atoms. The second kappa shape index (κ2) is 3.06. The van der Waals surface area contributed by atoms with E-state index >= 15 is 0 Å². The van der Waals surface area contributed by atoms with Crippen molar-refractivity contribution >= 4 is 21.9 Å². The van der Waals surface area contributed by atoms with Gasteiger partial charge >= 0.3 is 5.97 Å². The van der Waals surface area contributed by atoms with Crippen LogP contribution < -0.4 is 5.73 Å². The predicted octanol–water partition coefficient (Wildman–Crippen LogP) is 1.13. The molecule has 5 heteroatoms. The third-order valence-corrected chi connectivity index (χ3v) is 1.89. The van der Waals surface area contributed by atoms with Crippen LogP contribution in [0.15, 0.2) is 21.4 Å². The third-order valence-electron chi connectivity index (χ3n) is 1.24. The van der Waals surface area contributed by atoms with Crippen LogP contribution in [0.1, 0.15) is 11.6 Å². The first-order valence-corrected chi connectivity index (χ1v) is 3.62. The number of carboxylic acids is 1. The molecular formula is C6H6BrNO3. The van der Waals surface area contributed by atoms with E-state index in [9.17, 15) is 4.79 Å². The number of aliphatic carboxylic acids is 1. The van der Waals surface area contributed by atoms with Crippen molar-refractivity contribution in [3.05, 3.63) is 22.6 Å². The van der Waals surface area contributed by atoms with Crippen molar-refractivity contribution in [2.24, 2.45) is 5.73 Å². The standard InChI is InChI=1S/C6H6BrNO3/c7-4-2-11-1-3(4)5(8)6(9)10/h1-2,5H,8H2,(H,9,10). The van der Waals surface area contributed by atoms with E-state index in [1.165, 1.54) is 12.5 Å². The fourth-order valence-electron chi connectivity index (χ4n) is 0.646. The Balaban J connectivity index is 2.92. The summed E-state index contributed by atoms with van der Waals surface area (Å²) in [5.74, 6) is -1.08. The molecule has 4 nitrogen and oxygen atoms in total. The van der Waals surface area contributed by atoms with Crippen molar-refractivity contribution in [3.8, 4) is 0 Å². The first kappa shape index (κ1) is 8.29. The van der Waals surface area contributed by atoms with E-state index < -0.39 is 12.0 Å². The Labute approximate surface area is 71.1 Å². The molecule has 0 fully saturated rings. The molecule has 0 saturated heterocycles. The molecule has 0 aliphatic heterocycles. The second-order valence-corrected chi connectivity index (χ2v) is 2.85. The van der Waals surface area contributed by atoms with Crippen molar-refractivity contribution < 1.29 is 14.3 Å². The lowest BCUT2D eigenvalue weighted by molar-refractivity contribution is -0.138. The molecule has 0 aromatic carbocycles. The Kier molecular flexibility index (Phi) is 2.31. The fourth-order valence-corrected chi connectivity index (χ4v) is 1.09. The van der Waals surface area contributed by atoms with Crippen LogP contribution in [0.25, 0.3) is 0 Å². The first-order chi connectivity index (χ1) is 5.13. The van der Waals surface area contributed by atoms with E-state index in [1.807, 2.05) is 0 Å². The molecular weight excluding hydrogens is 214 g/mol. The zero-order valence-electron chi connectivity index (χ0n) is 5.45. The monoisotopic (exact) mass is 219 g/mol. The summed E-state index contributed by atoms with van der Waals surface area (Å²) in [6.07, 6.45) is 2.70. The van der Waals surface area contributed by atoms with Gasteiger partial charge < -0.3 is 15.3 Å². The molecule has 0 spiro atoms. The predicted molar refractivity (Wildman–Crippen MR) is 41.0 cm³/mol. The molecule has 0 aliphatic carbocycles. The average molecular weight is 220 g/mol. The molecule has 1 aromatic heterocycles. The summed E-state index contributed by atoms with van der Waals surface area (Å²) >= 11 is 3.10. The van der Waals surface area contributed by atoms with E-state index in [1.54, 1.807) is 0 Å². The van der Waals surface area contributed by atoms with Crippen molar-refractivity contribution in [2.75, 3.05) is 0 Å². The summed E-state index contributed by atoms with van der Waals surface area (Å²) in [4.78, 5) is 10.4. The molecule has 11 heavy (non-hydrogen) atoms. The summed E-state index contributed by atoms with van der Waals surface area (Å²) in [7, 11) is 0. The van der Waals surface area contributed by atoms with Gasteiger partial charge in [-0.1, -0.05) is 0 Å². The van der Waals surface area contributed by atoms with Gasteiger partial charge in [-0.25, -0.2) is 0 Å². The van der Waals surface area contributed by atoms with E-state index in [0.29, 0.717) is 10.0 Å². The maximum atomic E-state index is 10.4. The highest BCUT2D eigenvalue weighted by atomic mass is 79.9. The molecule has 3 N–H and O–H groups in total. The van der Waals surface area contributed by atoms with Crippen LogP contribution in [0.5, 0.6) is 0 Å². The van der Waals surface area contributed by atoms with E-state index in [4.69, 9.17) is 15.3 Å². The fraction of sp³-hybridized carbons (Fsp3) is 0.167. The van der Waals surface area contributed by atoms with Crippen LogP contribution in [-0.2, 0) is 4.79 Å². The van der Waals surface area contributed by atoms with Gasteiger partial charge in [0.2, 0.25) is 0 Å². The molecule has 1 aromatic rings. The van der Waals surface area contributed by atoms with Crippen LogP contribution in [0.2, 0.25) is 0 Å². The lowest BCUT2D eigenvalue weighted by atomic mass is 10.2. The lowest BCUT2D eigenvalue weighted by Gasteiger charge is -2.01. The summed E-state index contributed by atoms with van der Waals surface area (Å²) in [6.45, 7) is 0. The molecule has 1 atom stereocenters. The van der Waals surface area contributed by atoms with Crippen LogP contribution in [-0.4, -0.2) is 11.1 Å². The molecule has 0 radical (unpaired) electrons. The van der Waals surface area contributed by atoms with Crippen LogP contribution in [0.3, 0.4) is 0 Å². The molecule has 1 heterocycles. The van der Waals surface area contributed by atoms with Gasteiger partial charge in [0.05, 0.1) is 10.7 Å². The smallest absolute Gasteiger partial charge is 0.325 e. The molecule has 1 unspecified atom stereocenters. The topological polar surface area (TPSA) is 76.5 Å². The van der Waals surface area contributed by atoms with E-state index in [0.717, 1.165) is 0 Å². The minimum absolute atomic E-state index is 0.442. The SMILES string of the molecule is NC(C(=O)O)c1cocc1Br. The first-order valence-electron chi connectivity index (χ1n) is 2.83. The number of halogens is 1. The number of hydrogen-bond donors (Lipinski definition) is 2.